The van der Waals surface area contributed by atoms with Crippen LogP contribution in [0, 0.1) is 0 Å². The Balaban J connectivity index is 3.16. The van der Waals surface area contributed by atoms with E-state index in [0.29, 0.717) is 5.88 Å². The Morgan fingerprint density at radius 3 is 2.08 bits per heavy atom. The molecule has 0 saturated heterocycles. The zero-order valence-electron chi connectivity index (χ0n) is 8.91. The van der Waals surface area contributed by atoms with Gasteiger partial charge in [-0.2, -0.15) is 0 Å². The second-order valence-electron chi connectivity index (χ2n) is 4.06. The molecule has 80 valence electrons. The normalized spacial score (nSPS) is 15.7. The van der Waals surface area contributed by atoms with Gasteiger partial charge in [-0.15, -0.1) is 23.2 Å². The summed E-state index contributed by atoms with van der Waals surface area (Å²) in [6.07, 6.45) is 8.97. The molecule has 0 aromatic heterocycles. The maximum atomic E-state index is 6.13. The third kappa shape index (κ3) is 8.90. The van der Waals surface area contributed by atoms with Crippen molar-refractivity contribution in [2.45, 2.75) is 63.7 Å². The van der Waals surface area contributed by atoms with Crippen molar-refractivity contribution >= 4 is 23.2 Å². The van der Waals surface area contributed by atoms with Gasteiger partial charge in [0.1, 0.15) is 0 Å². The van der Waals surface area contributed by atoms with Gasteiger partial charge in [0.05, 0.1) is 4.87 Å². The lowest BCUT2D eigenvalue weighted by molar-refractivity contribution is 0.539. The Bertz CT molecular complexity index is 111. The van der Waals surface area contributed by atoms with Crippen LogP contribution in [0.4, 0.5) is 0 Å². The van der Waals surface area contributed by atoms with E-state index in [-0.39, 0.29) is 4.87 Å². The van der Waals surface area contributed by atoms with Crippen LogP contribution in [0.3, 0.4) is 0 Å². The van der Waals surface area contributed by atoms with E-state index in [1.165, 1.54) is 38.5 Å². The minimum Gasteiger partial charge on any atom is -0.125 e. The predicted octanol–water partition coefficient (Wildman–Crippen LogP) is 4.97. The van der Waals surface area contributed by atoms with Crippen LogP contribution in [0.1, 0.15) is 58.8 Å². The average Bonchev–Trinajstić information content (AvgIpc) is 2.11. The SMILES string of the molecule is CCCCCCCCC(C)(Cl)CCl. The summed E-state index contributed by atoms with van der Waals surface area (Å²) >= 11 is 11.9. The molecule has 0 heterocycles. The first-order valence-corrected chi connectivity index (χ1v) is 6.28. The molecule has 13 heavy (non-hydrogen) atoms. The van der Waals surface area contributed by atoms with E-state index in [1.54, 1.807) is 0 Å². The van der Waals surface area contributed by atoms with Crippen LogP contribution >= 0.6 is 23.2 Å². The molecule has 0 radical (unpaired) electrons. The molecule has 0 bridgehead atoms. The van der Waals surface area contributed by atoms with E-state index >= 15 is 0 Å². The molecule has 0 aliphatic heterocycles. The standard InChI is InChI=1S/C11H22Cl2/c1-3-4-5-6-7-8-9-11(2,13)10-12/h3-10H2,1-2H3. The van der Waals surface area contributed by atoms with Crippen molar-refractivity contribution in [1.82, 2.24) is 0 Å². The van der Waals surface area contributed by atoms with Crippen molar-refractivity contribution in [2.24, 2.45) is 0 Å². The Labute approximate surface area is 93.0 Å². The number of rotatable bonds is 8. The molecular weight excluding hydrogens is 203 g/mol. The van der Waals surface area contributed by atoms with Crippen molar-refractivity contribution in [2.75, 3.05) is 5.88 Å². The van der Waals surface area contributed by atoms with Gasteiger partial charge in [-0.25, -0.2) is 0 Å². The van der Waals surface area contributed by atoms with Crippen LogP contribution in [-0.4, -0.2) is 10.8 Å². The van der Waals surface area contributed by atoms with E-state index in [2.05, 4.69) is 6.92 Å². The summed E-state index contributed by atoms with van der Waals surface area (Å²) in [5.41, 5.74) is 0. The average molecular weight is 225 g/mol. The van der Waals surface area contributed by atoms with Gasteiger partial charge in [-0.3, -0.25) is 0 Å². The number of alkyl halides is 2. The van der Waals surface area contributed by atoms with Crippen LogP contribution in [-0.2, 0) is 0 Å². The second-order valence-corrected chi connectivity index (χ2v) is 5.24. The zero-order valence-corrected chi connectivity index (χ0v) is 10.4. The fourth-order valence-electron chi connectivity index (χ4n) is 1.34. The molecular formula is C11H22Cl2. The molecule has 0 fully saturated rings. The fraction of sp³-hybridized carbons (Fsp3) is 1.00. The van der Waals surface area contributed by atoms with Gasteiger partial charge in [0.15, 0.2) is 0 Å². The van der Waals surface area contributed by atoms with E-state index in [0.717, 1.165) is 6.42 Å². The minimum absolute atomic E-state index is 0.174. The molecule has 0 aliphatic rings. The summed E-state index contributed by atoms with van der Waals surface area (Å²) in [6.45, 7) is 4.26. The van der Waals surface area contributed by atoms with Crippen molar-refractivity contribution in [1.29, 1.82) is 0 Å². The highest BCUT2D eigenvalue weighted by molar-refractivity contribution is 6.30. The summed E-state index contributed by atoms with van der Waals surface area (Å²) in [6, 6.07) is 0. The Morgan fingerprint density at radius 2 is 1.54 bits per heavy atom. The number of hydrogen-bond acceptors (Lipinski definition) is 0. The first-order valence-electron chi connectivity index (χ1n) is 5.37. The summed E-state index contributed by atoms with van der Waals surface area (Å²) in [7, 11) is 0. The summed E-state index contributed by atoms with van der Waals surface area (Å²) in [5.74, 6) is 0.559. The van der Waals surface area contributed by atoms with Gasteiger partial charge in [0, 0.05) is 5.88 Å². The number of hydrogen-bond donors (Lipinski definition) is 0. The maximum absolute atomic E-state index is 6.13. The molecule has 0 nitrogen and oxygen atoms in total. The van der Waals surface area contributed by atoms with E-state index in [1.807, 2.05) is 6.92 Å². The second kappa shape index (κ2) is 7.94. The highest BCUT2D eigenvalue weighted by Crippen LogP contribution is 2.24. The zero-order chi connectivity index (χ0) is 10.2. The molecule has 0 spiro atoms. The lowest BCUT2D eigenvalue weighted by Crippen LogP contribution is -2.17. The lowest BCUT2D eigenvalue weighted by Gasteiger charge is -2.17. The first kappa shape index (κ1) is 13.6. The van der Waals surface area contributed by atoms with Crippen LogP contribution < -0.4 is 0 Å². The van der Waals surface area contributed by atoms with Crippen LogP contribution in [0.15, 0.2) is 0 Å². The van der Waals surface area contributed by atoms with Gasteiger partial charge >= 0.3 is 0 Å². The quantitative estimate of drug-likeness (QED) is 0.404. The summed E-state index contributed by atoms with van der Waals surface area (Å²) in [5, 5.41) is 0. The molecule has 1 atom stereocenters. The van der Waals surface area contributed by atoms with E-state index in [4.69, 9.17) is 23.2 Å². The van der Waals surface area contributed by atoms with Gasteiger partial charge in [-0.05, 0) is 13.3 Å². The molecule has 0 rings (SSSR count). The minimum atomic E-state index is -0.174. The number of halogens is 2. The van der Waals surface area contributed by atoms with Crippen LogP contribution in [0.2, 0.25) is 0 Å². The summed E-state index contributed by atoms with van der Waals surface area (Å²) < 4.78 is 0. The van der Waals surface area contributed by atoms with E-state index in [9.17, 15) is 0 Å². The third-order valence-corrected chi connectivity index (χ3v) is 3.38. The highest BCUT2D eigenvalue weighted by Gasteiger charge is 2.17. The van der Waals surface area contributed by atoms with Crippen LogP contribution in [0.5, 0.6) is 0 Å². The molecule has 0 aliphatic carbocycles. The van der Waals surface area contributed by atoms with Gasteiger partial charge in [0.2, 0.25) is 0 Å². The Morgan fingerprint density at radius 1 is 1.00 bits per heavy atom. The molecule has 2 heteroatoms. The molecule has 0 aromatic rings. The smallest absolute Gasteiger partial charge is 0.0553 e. The van der Waals surface area contributed by atoms with Crippen molar-refractivity contribution in [3.8, 4) is 0 Å². The Kier molecular flexibility index (Phi) is 8.29. The maximum Gasteiger partial charge on any atom is 0.0553 e. The molecule has 1 unspecified atom stereocenters. The predicted molar refractivity (Wildman–Crippen MR) is 63.0 cm³/mol. The molecule has 0 aromatic carbocycles. The highest BCUT2D eigenvalue weighted by atomic mass is 35.5. The third-order valence-electron chi connectivity index (χ3n) is 2.33. The molecule has 0 N–H and O–H groups in total. The lowest BCUT2D eigenvalue weighted by atomic mass is 10.0. The first-order chi connectivity index (χ1) is 6.12. The number of unbranched alkanes of at least 4 members (excludes halogenated alkanes) is 5. The molecule has 0 saturated carbocycles. The Hall–Kier alpha value is 0.580. The van der Waals surface area contributed by atoms with Crippen molar-refractivity contribution < 1.29 is 0 Å². The van der Waals surface area contributed by atoms with Crippen LogP contribution in [0.25, 0.3) is 0 Å². The van der Waals surface area contributed by atoms with Gasteiger partial charge in [-0.1, -0.05) is 45.4 Å². The largest absolute Gasteiger partial charge is 0.125 e. The summed E-state index contributed by atoms with van der Waals surface area (Å²) in [4.78, 5) is -0.174. The fourth-order valence-corrected chi connectivity index (χ4v) is 1.61. The van der Waals surface area contributed by atoms with Crippen molar-refractivity contribution in [3.05, 3.63) is 0 Å². The topological polar surface area (TPSA) is 0 Å². The van der Waals surface area contributed by atoms with E-state index < -0.39 is 0 Å². The van der Waals surface area contributed by atoms with Gasteiger partial charge in [0.25, 0.3) is 0 Å². The van der Waals surface area contributed by atoms with Gasteiger partial charge < -0.3 is 0 Å². The monoisotopic (exact) mass is 224 g/mol. The molecule has 0 amide bonds. The van der Waals surface area contributed by atoms with Crippen molar-refractivity contribution in [3.63, 3.8) is 0 Å².